The molecule has 2 heterocycles. The summed E-state index contributed by atoms with van der Waals surface area (Å²) in [4.78, 5) is 85.5. The van der Waals surface area contributed by atoms with Gasteiger partial charge >= 0.3 is 5.97 Å². The quantitative estimate of drug-likeness (QED) is 0.0528. The van der Waals surface area contributed by atoms with Gasteiger partial charge in [0.25, 0.3) is 17.7 Å². The van der Waals surface area contributed by atoms with Crippen molar-refractivity contribution in [2.24, 2.45) is 0 Å². The van der Waals surface area contributed by atoms with Crippen LogP contribution in [0.4, 0.5) is 0 Å². The van der Waals surface area contributed by atoms with Crippen LogP contribution in [0.1, 0.15) is 40.0 Å². The van der Waals surface area contributed by atoms with Gasteiger partial charge in [-0.1, -0.05) is 0 Å². The summed E-state index contributed by atoms with van der Waals surface area (Å²) in [5.74, 6) is -3.02. The van der Waals surface area contributed by atoms with Crippen molar-refractivity contribution in [3.8, 4) is 28.2 Å². The van der Waals surface area contributed by atoms with Crippen LogP contribution in [0.15, 0.2) is 76.0 Å². The summed E-state index contributed by atoms with van der Waals surface area (Å²) in [5.41, 5.74) is 1.10. The Morgan fingerprint density at radius 1 is 0.722 bits per heavy atom. The molecule has 0 unspecified atom stereocenters. The second-order valence-electron chi connectivity index (χ2n) is 12.1. The number of phenols is 1. The van der Waals surface area contributed by atoms with Gasteiger partial charge in [-0.15, -0.1) is 0 Å². The van der Waals surface area contributed by atoms with E-state index in [2.05, 4.69) is 16.0 Å². The molecule has 282 valence electrons. The smallest absolute Gasteiger partial charge is 0.336 e. The maximum absolute atomic E-state index is 13.1. The molecule has 54 heavy (non-hydrogen) atoms. The third kappa shape index (κ3) is 10.1. The Kier molecular flexibility index (Phi) is 13.2. The first-order valence-corrected chi connectivity index (χ1v) is 17.1. The number of carboxylic acid groups (broad SMARTS) is 1. The molecule has 0 saturated heterocycles. The number of carboxylic acids is 1. The van der Waals surface area contributed by atoms with Crippen molar-refractivity contribution in [1.29, 1.82) is 0 Å². The molecule has 16 heteroatoms. The highest BCUT2D eigenvalue weighted by molar-refractivity contribution is 6.13. The third-order valence-corrected chi connectivity index (χ3v) is 8.30. The standard InChI is InChI=1S/C38H38N4O12/c43-24-3-6-27-30(21-24)54-31-22-25(44)4-7-28(31)36(27)29-20-23(2-5-26(29)38(50)51)37(49)41-13-1-12-39-33(46)11-16-52-18-19-53-17-14-40-32(45)10-15-42-34(47)8-9-35(42)48/h2-9,20-22,43H,1,10-19H2,(H,39,46)(H,40,45)(H,41,49)(H,50,51). The van der Waals surface area contributed by atoms with Gasteiger partial charge in [-0.2, -0.15) is 0 Å². The first kappa shape index (κ1) is 38.8. The number of nitrogens with zero attached hydrogens (tertiary/aromatic N) is 1. The monoisotopic (exact) mass is 742 g/mol. The molecule has 0 spiro atoms. The van der Waals surface area contributed by atoms with Crippen molar-refractivity contribution < 1.29 is 52.9 Å². The molecule has 0 atom stereocenters. The SMILES string of the molecule is O=C(CCOCCOCCNC(=O)CCN1C(=O)C=CC1=O)NCCCNC(=O)c1ccc(C(=O)O)c(-c2c3ccc(=O)cc-3oc3cc(O)ccc23)c1. The van der Waals surface area contributed by atoms with Crippen molar-refractivity contribution in [3.63, 3.8) is 0 Å². The summed E-state index contributed by atoms with van der Waals surface area (Å²) in [7, 11) is 0. The third-order valence-electron chi connectivity index (χ3n) is 8.30. The zero-order valence-corrected chi connectivity index (χ0v) is 29.1. The number of aromatic carboxylic acids is 1. The van der Waals surface area contributed by atoms with Gasteiger partial charge in [0.2, 0.25) is 11.8 Å². The summed E-state index contributed by atoms with van der Waals surface area (Å²) < 4.78 is 16.6. The lowest BCUT2D eigenvalue weighted by Gasteiger charge is -2.17. The van der Waals surface area contributed by atoms with Crippen LogP contribution in [0, 0.1) is 0 Å². The lowest BCUT2D eigenvalue weighted by atomic mass is 9.89. The van der Waals surface area contributed by atoms with E-state index in [1.807, 2.05) is 0 Å². The number of hydrogen-bond acceptors (Lipinski definition) is 11. The van der Waals surface area contributed by atoms with Gasteiger partial charge in [0.15, 0.2) is 5.43 Å². The number of carbonyl (C=O) groups excluding carboxylic acids is 5. The second-order valence-corrected chi connectivity index (χ2v) is 12.1. The number of imide groups is 1. The molecule has 2 aromatic rings. The summed E-state index contributed by atoms with van der Waals surface area (Å²) >= 11 is 0. The average Bonchev–Trinajstić information content (AvgIpc) is 3.47. The molecule has 2 aromatic carbocycles. The van der Waals surface area contributed by atoms with Gasteiger partial charge in [0.1, 0.15) is 17.1 Å². The van der Waals surface area contributed by atoms with Crippen molar-refractivity contribution in [1.82, 2.24) is 20.9 Å². The van der Waals surface area contributed by atoms with E-state index in [9.17, 15) is 43.8 Å². The maximum Gasteiger partial charge on any atom is 0.336 e. The number of nitrogens with one attached hydrogen (secondary N) is 3. The number of rotatable bonds is 19. The molecule has 0 fully saturated rings. The number of phenolic OH excluding ortho intramolecular Hbond substituents is 1. The highest BCUT2D eigenvalue weighted by Crippen LogP contribution is 2.42. The minimum absolute atomic E-state index is 0.00575. The molecule has 1 aliphatic carbocycles. The van der Waals surface area contributed by atoms with E-state index in [4.69, 9.17) is 13.9 Å². The minimum atomic E-state index is -1.23. The topological polar surface area (TPSA) is 231 Å². The summed E-state index contributed by atoms with van der Waals surface area (Å²) in [6.07, 6.45) is 2.86. The molecule has 0 aromatic heterocycles. The zero-order chi connectivity index (χ0) is 38.6. The predicted molar refractivity (Wildman–Crippen MR) is 193 cm³/mol. The van der Waals surface area contributed by atoms with E-state index in [1.54, 1.807) is 6.07 Å². The first-order valence-electron chi connectivity index (χ1n) is 17.1. The van der Waals surface area contributed by atoms with Gasteiger partial charge in [0, 0.05) is 85.4 Å². The lowest BCUT2D eigenvalue weighted by molar-refractivity contribution is -0.137. The Balaban J connectivity index is 1.00. The molecular formula is C38H38N4O12. The largest absolute Gasteiger partial charge is 0.508 e. The number of aromatic hydroxyl groups is 1. The number of carbonyl (C=O) groups is 6. The van der Waals surface area contributed by atoms with E-state index >= 15 is 0 Å². The Morgan fingerprint density at radius 3 is 2.19 bits per heavy atom. The number of amides is 5. The minimum Gasteiger partial charge on any atom is -0.508 e. The fourth-order valence-electron chi connectivity index (χ4n) is 5.64. The zero-order valence-electron chi connectivity index (χ0n) is 29.1. The number of fused-ring (bicyclic) bond motifs is 2. The van der Waals surface area contributed by atoms with Gasteiger partial charge < -0.3 is 40.1 Å². The van der Waals surface area contributed by atoms with E-state index in [0.29, 0.717) is 29.5 Å². The van der Waals surface area contributed by atoms with Crippen molar-refractivity contribution in [2.75, 3.05) is 52.6 Å². The fourth-order valence-corrected chi connectivity index (χ4v) is 5.64. The van der Waals surface area contributed by atoms with Gasteiger partial charge in [0.05, 0.1) is 32.0 Å². The number of benzene rings is 3. The van der Waals surface area contributed by atoms with Crippen LogP contribution in [-0.2, 0) is 28.7 Å². The second kappa shape index (κ2) is 18.4. The summed E-state index contributed by atoms with van der Waals surface area (Å²) in [5, 5.41) is 28.7. The highest BCUT2D eigenvalue weighted by atomic mass is 16.5. The van der Waals surface area contributed by atoms with Crippen LogP contribution < -0.4 is 21.4 Å². The van der Waals surface area contributed by atoms with E-state index in [0.717, 1.165) is 17.1 Å². The maximum atomic E-state index is 13.1. The first-order chi connectivity index (χ1) is 26.0. The molecule has 0 saturated carbocycles. The number of hydrogen-bond donors (Lipinski definition) is 5. The normalized spacial score (nSPS) is 12.4. The van der Waals surface area contributed by atoms with E-state index in [-0.39, 0.29) is 110 Å². The van der Waals surface area contributed by atoms with Crippen LogP contribution in [0.25, 0.3) is 33.4 Å². The molecule has 3 aliphatic rings. The molecule has 0 radical (unpaired) electrons. The molecular weight excluding hydrogens is 704 g/mol. The molecule has 5 rings (SSSR count). The van der Waals surface area contributed by atoms with Crippen LogP contribution in [0.5, 0.6) is 5.75 Å². The predicted octanol–water partition coefficient (Wildman–Crippen LogP) is 2.06. The number of ether oxygens (including phenoxy) is 2. The average molecular weight is 743 g/mol. The molecule has 16 nitrogen and oxygen atoms in total. The molecule has 5 N–H and O–H groups in total. The van der Waals surface area contributed by atoms with Crippen molar-refractivity contribution in [3.05, 3.63) is 88.1 Å². The highest BCUT2D eigenvalue weighted by Gasteiger charge is 2.24. The van der Waals surface area contributed by atoms with E-state index in [1.165, 1.54) is 48.5 Å². The van der Waals surface area contributed by atoms with Crippen LogP contribution in [0.2, 0.25) is 0 Å². The Bertz CT molecular complexity index is 2110. The van der Waals surface area contributed by atoms with Gasteiger partial charge in [-0.3, -0.25) is 33.7 Å². The fraction of sp³-hybridized carbons (Fsp3) is 0.289. The van der Waals surface area contributed by atoms with E-state index < -0.39 is 23.7 Å². The molecule has 2 aliphatic heterocycles. The Labute approximate surface area is 308 Å². The summed E-state index contributed by atoms with van der Waals surface area (Å²) in [6.45, 7) is 1.66. The Morgan fingerprint density at radius 2 is 1.43 bits per heavy atom. The molecule has 0 bridgehead atoms. The summed E-state index contributed by atoms with van der Waals surface area (Å²) in [6, 6.07) is 12.7. The van der Waals surface area contributed by atoms with Crippen LogP contribution in [-0.4, -0.2) is 103 Å². The molecule has 5 amide bonds. The van der Waals surface area contributed by atoms with Crippen LogP contribution in [0.3, 0.4) is 0 Å². The van der Waals surface area contributed by atoms with Crippen molar-refractivity contribution in [2.45, 2.75) is 19.3 Å². The van der Waals surface area contributed by atoms with Gasteiger partial charge in [-0.05, 0) is 54.4 Å². The van der Waals surface area contributed by atoms with Crippen LogP contribution >= 0.6 is 0 Å². The van der Waals surface area contributed by atoms with Gasteiger partial charge in [-0.25, -0.2) is 4.79 Å². The Hall–Kier alpha value is -6.39. The van der Waals surface area contributed by atoms with Crippen molar-refractivity contribution >= 4 is 46.5 Å². The lowest BCUT2D eigenvalue weighted by Crippen LogP contribution is -2.35.